The van der Waals surface area contributed by atoms with Crippen molar-refractivity contribution in [2.45, 2.75) is 50.8 Å². The SMILES string of the molecule is CCOc1cc(NC2CCCCC2S(=O)CC)ncn1. The predicted octanol–water partition coefficient (Wildman–Crippen LogP) is 2.37. The van der Waals surface area contributed by atoms with E-state index >= 15 is 0 Å². The fraction of sp³-hybridized carbons (Fsp3) is 0.714. The van der Waals surface area contributed by atoms with E-state index in [0.717, 1.165) is 24.4 Å². The molecule has 112 valence electrons. The Morgan fingerprint density at radius 3 is 2.90 bits per heavy atom. The van der Waals surface area contributed by atoms with E-state index in [1.807, 2.05) is 19.9 Å². The molecule has 0 aromatic carbocycles. The van der Waals surface area contributed by atoms with Gasteiger partial charge in [-0.3, -0.25) is 4.21 Å². The smallest absolute Gasteiger partial charge is 0.218 e. The van der Waals surface area contributed by atoms with Gasteiger partial charge in [0.05, 0.1) is 11.9 Å². The third-order valence-corrected chi connectivity index (χ3v) is 5.40. The molecule has 1 aromatic heterocycles. The lowest BCUT2D eigenvalue weighted by Crippen LogP contribution is -2.40. The van der Waals surface area contributed by atoms with Crippen molar-refractivity contribution < 1.29 is 8.95 Å². The topological polar surface area (TPSA) is 64.1 Å². The van der Waals surface area contributed by atoms with Gasteiger partial charge in [0.1, 0.15) is 12.1 Å². The van der Waals surface area contributed by atoms with Crippen molar-refractivity contribution in [2.75, 3.05) is 17.7 Å². The zero-order valence-electron chi connectivity index (χ0n) is 12.2. The van der Waals surface area contributed by atoms with Crippen molar-refractivity contribution in [1.29, 1.82) is 0 Å². The Kier molecular flexibility index (Phi) is 5.76. The lowest BCUT2D eigenvalue weighted by molar-refractivity contribution is 0.326. The molecule has 0 bridgehead atoms. The molecule has 0 aliphatic heterocycles. The van der Waals surface area contributed by atoms with Crippen LogP contribution in [0.1, 0.15) is 39.5 Å². The molecule has 1 heterocycles. The van der Waals surface area contributed by atoms with Gasteiger partial charge in [-0.25, -0.2) is 9.97 Å². The molecular weight excluding hydrogens is 274 g/mol. The van der Waals surface area contributed by atoms with Crippen molar-refractivity contribution in [3.05, 3.63) is 12.4 Å². The Morgan fingerprint density at radius 1 is 1.35 bits per heavy atom. The summed E-state index contributed by atoms with van der Waals surface area (Å²) in [6, 6.07) is 2.04. The van der Waals surface area contributed by atoms with Gasteiger partial charge in [0.15, 0.2) is 0 Å². The van der Waals surface area contributed by atoms with Gasteiger partial charge < -0.3 is 10.1 Å². The van der Waals surface area contributed by atoms with Gasteiger partial charge in [-0.05, 0) is 19.8 Å². The van der Waals surface area contributed by atoms with Crippen LogP contribution in [0.5, 0.6) is 5.88 Å². The van der Waals surface area contributed by atoms with Crippen molar-refractivity contribution in [3.63, 3.8) is 0 Å². The summed E-state index contributed by atoms with van der Waals surface area (Å²) in [6.45, 7) is 4.50. The molecule has 0 radical (unpaired) electrons. The molecular formula is C14H23N3O2S. The Hall–Kier alpha value is -1.17. The maximum Gasteiger partial charge on any atom is 0.218 e. The summed E-state index contributed by atoms with van der Waals surface area (Å²) in [7, 11) is -0.763. The first-order valence-electron chi connectivity index (χ1n) is 7.33. The van der Waals surface area contributed by atoms with Gasteiger partial charge in [0.2, 0.25) is 5.88 Å². The molecule has 1 aliphatic carbocycles. The van der Waals surface area contributed by atoms with E-state index in [4.69, 9.17) is 4.74 Å². The highest BCUT2D eigenvalue weighted by Crippen LogP contribution is 2.26. The molecule has 20 heavy (non-hydrogen) atoms. The number of aromatic nitrogens is 2. The average molecular weight is 297 g/mol. The summed E-state index contributed by atoms with van der Waals surface area (Å²) in [4.78, 5) is 8.29. The Labute approximate surface area is 123 Å². The molecule has 1 saturated carbocycles. The first-order valence-corrected chi connectivity index (χ1v) is 8.71. The van der Waals surface area contributed by atoms with Crippen LogP contribution < -0.4 is 10.1 Å². The zero-order valence-corrected chi connectivity index (χ0v) is 13.0. The molecule has 0 spiro atoms. The Bertz CT molecular complexity index is 456. The maximum absolute atomic E-state index is 12.2. The first-order chi connectivity index (χ1) is 9.74. The maximum atomic E-state index is 12.2. The van der Waals surface area contributed by atoms with Crippen LogP contribution in [0.2, 0.25) is 0 Å². The van der Waals surface area contributed by atoms with E-state index in [9.17, 15) is 4.21 Å². The summed E-state index contributed by atoms with van der Waals surface area (Å²) < 4.78 is 17.5. The van der Waals surface area contributed by atoms with Gasteiger partial charge in [-0.1, -0.05) is 19.8 Å². The molecule has 6 heteroatoms. The number of nitrogens with zero attached hydrogens (tertiary/aromatic N) is 2. The van der Waals surface area contributed by atoms with Crippen molar-refractivity contribution in [3.8, 4) is 5.88 Å². The van der Waals surface area contributed by atoms with Gasteiger partial charge in [-0.15, -0.1) is 0 Å². The third-order valence-electron chi connectivity index (χ3n) is 3.59. The third kappa shape index (κ3) is 3.91. The largest absolute Gasteiger partial charge is 0.478 e. The number of rotatable bonds is 6. The molecule has 1 N–H and O–H groups in total. The van der Waals surface area contributed by atoms with Crippen LogP contribution in [0.4, 0.5) is 5.82 Å². The predicted molar refractivity (Wildman–Crippen MR) is 81.6 cm³/mol. The van der Waals surface area contributed by atoms with Crippen LogP contribution in [-0.4, -0.2) is 37.8 Å². The number of anilines is 1. The van der Waals surface area contributed by atoms with Gasteiger partial charge in [0, 0.05) is 28.7 Å². The van der Waals surface area contributed by atoms with Crippen molar-refractivity contribution in [2.24, 2.45) is 0 Å². The molecule has 1 aliphatic rings. The summed E-state index contributed by atoms with van der Waals surface area (Å²) in [6.07, 6.45) is 5.93. The van der Waals surface area contributed by atoms with Gasteiger partial charge in [-0.2, -0.15) is 0 Å². The highest BCUT2D eigenvalue weighted by molar-refractivity contribution is 7.85. The molecule has 2 rings (SSSR count). The highest BCUT2D eigenvalue weighted by Gasteiger charge is 2.29. The van der Waals surface area contributed by atoms with E-state index in [2.05, 4.69) is 15.3 Å². The molecule has 3 unspecified atom stereocenters. The number of hydrogen-bond donors (Lipinski definition) is 1. The molecule has 1 fully saturated rings. The summed E-state index contributed by atoms with van der Waals surface area (Å²) >= 11 is 0. The second kappa shape index (κ2) is 7.57. The van der Waals surface area contributed by atoms with Crippen LogP contribution >= 0.6 is 0 Å². The van der Waals surface area contributed by atoms with E-state index in [1.165, 1.54) is 19.2 Å². The van der Waals surface area contributed by atoms with Crippen LogP contribution in [0.15, 0.2) is 12.4 Å². The Balaban J connectivity index is 2.06. The molecule has 3 atom stereocenters. The summed E-state index contributed by atoms with van der Waals surface area (Å²) in [5, 5.41) is 3.64. The second-order valence-electron chi connectivity index (χ2n) is 4.92. The summed E-state index contributed by atoms with van der Waals surface area (Å²) in [5.41, 5.74) is 0. The molecule has 1 aromatic rings. The number of hydrogen-bond acceptors (Lipinski definition) is 5. The number of ether oxygens (including phenoxy) is 1. The standard InChI is InChI=1S/C14H23N3O2S/c1-3-19-14-9-13(15-10-16-14)17-11-7-5-6-8-12(11)20(18)4-2/h9-12H,3-8H2,1-2H3,(H,15,16,17). The van der Waals surface area contributed by atoms with Crippen LogP contribution in [-0.2, 0) is 10.8 Å². The minimum Gasteiger partial charge on any atom is -0.478 e. The average Bonchev–Trinajstić information content (AvgIpc) is 2.48. The lowest BCUT2D eigenvalue weighted by atomic mass is 9.95. The van der Waals surface area contributed by atoms with Gasteiger partial charge >= 0.3 is 0 Å². The van der Waals surface area contributed by atoms with Gasteiger partial charge in [0.25, 0.3) is 0 Å². The van der Waals surface area contributed by atoms with E-state index in [0.29, 0.717) is 12.5 Å². The van der Waals surface area contributed by atoms with Crippen molar-refractivity contribution >= 4 is 16.6 Å². The minimum absolute atomic E-state index is 0.222. The number of nitrogens with one attached hydrogen (secondary N) is 1. The molecule has 0 amide bonds. The van der Waals surface area contributed by atoms with Crippen LogP contribution in [0.25, 0.3) is 0 Å². The minimum atomic E-state index is -0.763. The van der Waals surface area contributed by atoms with E-state index in [-0.39, 0.29) is 11.3 Å². The Morgan fingerprint density at radius 2 is 2.15 bits per heavy atom. The van der Waals surface area contributed by atoms with Crippen LogP contribution in [0.3, 0.4) is 0 Å². The molecule has 5 nitrogen and oxygen atoms in total. The highest BCUT2D eigenvalue weighted by atomic mass is 32.2. The monoisotopic (exact) mass is 297 g/mol. The fourth-order valence-electron chi connectivity index (χ4n) is 2.63. The van der Waals surface area contributed by atoms with Crippen molar-refractivity contribution in [1.82, 2.24) is 9.97 Å². The zero-order chi connectivity index (χ0) is 14.4. The molecule has 0 saturated heterocycles. The quantitative estimate of drug-likeness (QED) is 0.873. The second-order valence-corrected chi connectivity index (χ2v) is 6.86. The van der Waals surface area contributed by atoms with Crippen LogP contribution in [0, 0.1) is 0 Å². The van der Waals surface area contributed by atoms with E-state index in [1.54, 1.807) is 0 Å². The fourth-order valence-corrected chi connectivity index (χ4v) is 4.05. The first kappa shape index (κ1) is 15.2. The normalized spacial score (nSPS) is 24.1. The lowest BCUT2D eigenvalue weighted by Gasteiger charge is -2.31. The van der Waals surface area contributed by atoms with E-state index < -0.39 is 10.8 Å². The summed E-state index contributed by atoms with van der Waals surface area (Å²) in [5.74, 6) is 2.05.